The normalized spacial score (nSPS) is 14.6. The number of carbonyl (C=O) groups is 2. The maximum absolute atomic E-state index is 12.4. The molecule has 1 fully saturated rings. The number of hydrogen-bond donors (Lipinski definition) is 2. The lowest BCUT2D eigenvalue weighted by Gasteiger charge is -2.28. The van der Waals surface area contributed by atoms with Gasteiger partial charge in [0.25, 0.3) is 5.91 Å². The summed E-state index contributed by atoms with van der Waals surface area (Å²) in [7, 11) is 3.18. The van der Waals surface area contributed by atoms with Gasteiger partial charge < -0.3 is 20.1 Å². The van der Waals surface area contributed by atoms with Gasteiger partial charge in [0.1, 0.15) is 11.5 Å². The van der Waals surface area contributed by atoms with Crippen molar-refractivity contribution in [1.82, 2.24) is 15.5 Å². The number of nitrogens with one attached hydrogen (secondary N) is 2. The van der Waals surface area contributed by atoms with Crippen LogP contribution in [0.4, 0.5) is 0 Å². The van der Waals surface area contributed by atoms with Crippen molar-refractivity contribution in [3.05, 3.63) is 59.7 Å². The first-order valence-electron chi connectivity index (χ1n) is 10.7. The van der Waals surface area contributed by atoms with Gasteiger partial charge in [-0.15, -0.1) is 0 Å². The maximum Gasteiger partial charge on any atom is 0.255 e. The smallest absolute Gasteiger partial charge is 0.255 e. The first-order valence-corrected chi connectivity index (χ1v) is 10.7. The van der Waals surface area contributed by atoms with E-state index in [9.17, 15) is 9.59 Å². The molecule has 2 N–H and O–H groups in total. The SMILES string of the molecule is COc1ccc([C@@H](CNC(=O)CCNC(=O)c2ccccc2OC)N2CCCC2)cc1. The predicted molar refractivity (Wildman–Crippen MR) is 119 cm³/mol. The number of benzene rings is 2. The Morgan fingerprint density at radius 1 is 0.968 bits per heavy atom. The van der Waals surface area contributed by atoms with E-state index in [4.69, 9.17) is 9.47 Å². The number of likely N-dealkylation sites (tertiary alicyclic amines) is 1. The standard InChI is InChI=1S/C24H31N3O4/c1-30-19-11-9-18(10-12-19)21(27-15-5-6-16-27)17-26-23(28)13-14-25-24(29)20-7-3-4-8-22(20)31-2/h3-4,7-12,21H,5-6,13-17H2,1-2H3,(H,25,29)(H,26,28)/t21-/m1/s1. The molecule has 0 spiro atoms. The molecule has 31 heavy (non-hydrogen) atoms. The molecule has 0 aromatic heterocycles. The van der Waals surface area contributed by atoms with Crippen molar-refractivity contribution in [2.45, 2.75) is 25.3 Å². The van der Waals surface area contributed by atoms with Crippen LogP contribution in [0, 0.1) is 0 Å². The molecule has 2 aromatic carbocycles. The molecule has 0 saturated carbocycles. The van der Waals surface area contributed by atoms with E-state index in [0.29, 0.717) is 17.9 Å². The lowest BCUT2D eigenvalue weighted by molar-refractivity contribution is -0.121. The molecule has 1 aliphatic heterocycles. The minimum absolute atomic E-state index is 0.0852. The van der Waals surface area contributed by atoms with E-state index >= 15 is 0 Å². The maximum atomic E-state index is 12.4. The average molecular weight is 426 g/mol. The average Bonchev–Trinajstić information content (AvgIpc) is 3.34. The van der Waals surface area contributed by atoms with E-state index in [-0.39, 0.29) is 30.8 Å². The molecule has 1 heterocycles. The van der Waals surface area contributed by atoms with Crippen molar-refractivity contribution in [1.29, 1.82) is 0 Å². The largest absolute Gasteiger partial charge is 0.497 e. The summed E-state index contributed by atoms with van der Waals surface area (Å²) in [4.78, 5) is 27.2. The third-order valence-electron chi connectivity index (χ3n) is 5.56. The van der Waals surface area contributed by atoms with Gasteiger partial charge in [-0.2, -0.15) is 0 Å². The van der Waals surface area contributed by atoms with Crippen LogP contribution in [0.15, 0.2) is 48.5 Å². The van der Waals surface area contributed by atoms with Crippen LogP contribution in [0.5, 0.6) is 11.5 Å². The summed E-state index contributed by atoms with van der Waals surface area (Å²) in [5, 5.41) is 5.82. The predicted octanol–water partition coefficient (Wildman–Crippen LogP) is 2.78. The van der Waals surface area contributed by atoms with Gasteiger partial charge in [0.05, 0.1) is 25.8 Å². The van der Waals surface area contributed by atoms with Gasteiger partial charge >= 0.3 is 0 Å². The number of rotatable bonds is 10. The highest BCUT2D eigenvalue weighted by molar-refractivity contribution is 5.97. The molecule has 1 aliphatic rings. The Balaban J connectivity index is 1.50. The Bertz CT molecular complexity index is 863. The Labute approximate surface area is 183 Å². The van der Waals surface area contributed by atoms with Crippen LogP contribution >= 0.6 is 0 Å². The second kappa shape index (κ2) is 11.4. The number of methoxy groups -OCH3 is 2. The van der Waals surface area contributed by atoms with Crippen LogP contribution in [-0.2, 0) is 4.79 Å². The fraction of sp³-hybridized carbons (Fsp3) is 0.417. The number of para-hydroxylation sites is 1. The molecule has 0 bridgehead atoms. The molecule has 1 atom stereocenters. The summed E-state index contributed by atoms with van der Waals surface area (Å²) in [5.74, 6) is 0.993. The highest BCUT2D eigenvalue weighted by atomic mass is 16.5. The Morgan fingerprint density at radius 2 is 1.68 bits per heavy atom. The number of amides is 2. The Hall–Kier alpha value is -3.06. The van der Waals surface area contributed by atoms with Crippen LogP contribution < -0.4 is 20.1 Å². The van der Waals surface area contributed by atoms with Gasteiger partial charge in [-0.1, -0.05) is 24.3 Å². The molecule has 7 heteroatoms. The zero-order valence-corrected chi connectivity index (χ0v) is 18.2. The number of carbonyl (C=O) groups excluding carboxylic acids is 2. The minimum atomic E-state index is -0.251. The highest BCUT2D eigenvalue weighted by Crippen LogP contribution is 2.26. The summed E-state index contributed by atoms with van der Waals surface area (Å²) < 4.78 is 10.5. The van der Waals surface area contributed by atoms with E-state index in [1.54, 1.807) is 25.3 Å². The van der Waals surface area contributed by atoms with Crippen molar-refractivity contribution >= 4 is 11.8 Å². The fourth-order valence-corrected chi connectivity index (χ4v) is 3.85. The molecule has 3 rings (SSSR count). The third-order valence-corrected chi connectivity index (χ3v) is 5.56. The van der Waals surface area contributed by atoms with Gasteiger partial charge in [0, 0.05) is 19.5 Å². The van der Waals surface area contributed by atoms with Crippen LogP contribution in [-0.4, -0.2) is 57.1 Å². The molecular weight excluding hydrogens is 394 g/mol. The molecule has 166 valence electrons. The van der Waals surface area contributed by atoms with E-state index in [0.717, 1.165) is 24.4 Å². The second-order valence-corrected chi connectivity index (χ2v) is 7.54. The number of hydrogen-bond acceptors (Lipinski definition) is 5. The number of ether oxygens (including phenoxy) is 2. The molecule has 7 nitrogen and oxygen atoms in total. The van der Waals surface area contributed by atoms with Crippen molar-refractivity contribution in [2.75, 3.05) is 40.4 Å². The molecule has 0 radical (unpaired) electrons. The fourth-order valence-electron chi connectivity index (χ4n) is 3.85. The van der Waals surface area contributed by atoms with E-state index in [2.05, 4.69) is 27.7 Å². The molecule has 2 aromatic rings. The molecule has 0 aliphatic carbocycles. The lowest BCUT2D eigenvalue weighted by atomic mass is 10.1. The Morgan fingerprint density at radius 3 is 2.35 bits per heavy atom. The van der Waals surface area contributed by atoms with Crippen LogP contribution in [0.25, 0.3) is 0 Å². The quantitative estimate of drug-likeness (QED) is 0.612. The highest BCUT2D eigenvalue weighted by Gasteiger charge is 2.24. The van der Waals surface area contributed by atoms with E-state index in [1.165, 1.54) is 20.0 Å². The summed E-state index contributed by atoms with van der Waals surface area (Å²) in [6, 6.07) is 15.2. The first kappa shape index (κ1) is 22.6. The zero-order chi connectivity index (χ0) is 22.1. The van der Waals surface area contributed by atoms with Crippen molar-refractivity contribution in [2.24, 2.45) is 0 Å². The molecule has 1 saturated heterocycles. The summed E-state index contributed by atoms with van der Waals surface area (Å²) in [6.07, 6.45) is 2.57. The van der Waals surface area contributed by atoms with E-state index in [1.807, 2.05) is 18.2 Å². The monoisotopic (exact) mass is 425 g/mol. The number of nitrogens with zero attached hydrogens (tertiary/aromatic N) is 1. The molecular formula is C24H31N3O4. The zero-order valence-electron chi connectivity index (χ0n) is 18.2. The molecule has 0 unspecified atom stereocenters. The lowest BCUT2D eigenvalue weighted by Crippen LogP contribution is -2.38. The summed E-state index contributed by atoms with van der Waals surface area (Å²) in [6.45, 7) is 2.86. The minimum Gasteiger partial charge on any atom is -0.497 e. The van der Waals surface area contributed by atoms with Crippen LogP contribution in [0.1, 0.15) is 41.2 Å². The van der Waals surface area contributed by atoms with Gasteiger partial charge in [-0.25, -0.2) is 0 Å². The van der Waals surface area contributed by atoms with Crippen LogP contribution in [0.2, 0.25) is 0 Å². The van der Waals surface area contributed by atoms with E-state index < -0.39 is 0 Å². The second-order valence-electron chi connectivity index (χ2n) is 7.54. The van der Waals surface area contributed by atoms with Crippen molar-refractivity contribution in [3.63, 3.8) is 0 Å². The van der Waals surface area contributed by atoms with Crippen molar-refractivity contribution < 1.29 is 19.1 Å². The van der Waals surface area contributed by atoms with Gasteiger partial charge in [0.2, 0.25) is 5.91 Å². The van der Waals surface area contributed by atoms with Gasteiger partial charge in [-0.05, 0) is 55.8 Å². The summed E-state index contributed by atoms with van der Waals surface area (Å²) >= 11 is 0. The molecule has 2 amide bonds. The van der Waals surface area contributed by atoms with Gasteiger partial charge in [0.15, 0.2) is 0 Å². The van der Waals surface area contributed by atoms with Crippen molar-refractivity contribution in [3.8, 4) is 11.5 Å². The van der Waals surface area contributed by atoms with Crippen LogP contribution in [0.3, 0.4) is 0 Å². The topological polar surface area (TPSA) is 79.9 Å². The Kier molecular flexibility index (Phi) is 8.29. The first-order chi connectivity index (χ1) is 15.1. The third kappa shape index (κ3) is 6.21. The summed E-state index contributed by atoms with van der Waals surface area (Å²) in [5.41, 5.74) is 1.62. The van der Waals surface area contributed by atoms with Gasteiger partial charge in [-0.3, -0.25) is 14.5 Å².